The van der Waals surface area contributed by atoms with Gasteiger partial charge < -0.3 is 10.1 Å². The molecule has 168 valence electrons. The van der Waals surface area contributed by atoms with E-state index in [0.717, 1.165) is 53.8 Å². The molecule has 0 aliphatic rings. The van der Waals surface area contributed by atoms with Crippen molar-refractivity contribution in [2.75, 3.05) is 6.61 Å². The number of hydrogen-bond acceptors (Lipinski definition) is 3. The predicted octanol–water partition coefficient (Wildman–Crippen LogP) is 6.44. The molecule has 0 aliphatic heterocycles. The molecule has 0 saturated heterocycles. The smallest absolute Gasteiger partial charge is 0.252 e. The Morgan fingerprint density at radius 3 is 2.45 bits per heavy atom. The highest BCUT2D eigenvalue weighted by Gasteiger charge is 2.16. The standard InChI is InChI=1S/C29H30N2O2/c1-3-4-18-33-24-16-14-23(15-17-24)28-20-26(25-12-8-9-13-27(25)31-28)29(32)30-21(2)19-22-10-6-5-7-11-22/h5-17,20-21H,3-4,18-19H2,1-2H3,(H,30,32)/t21-/m0/s1. The number of benzene rings is 3. The largest absolute Gasteiger partial charge is 0.494 e. The molecule has 1 heterocycles. The molecule has 0 bridgehead atoms. The van der Waals surface area contributed by atoms with Crippen LogP contribution in [0.15, 0.2) is 84.9 Å². The van der Waals surface area contributed by atoms with E-state index in [1.165, 1.54) is 5.56 Å². The molecule has 4 rings (SSSR count). The van der Waals surface area contributed by atoms with Crippen LogP contribution in [0.1, 0.15) is 42.6 Å². The topological polar surface area (TPSA) is 51.2 Å². The Balaban J connectivity index is 1.58. The Hall–Kier alpha value is -3.66. The van der Waals surface area contributed by atoms with Gasteiger partial charge in [-0.1, -0.05) is 61.9 Å². The van der Waals surface area contributed by atoms with Crippen LogP contribution in [-0.4, -0.2) is 23.5 Å². The van der Waals surface area contributed by atoms with E-state index in [2.05, 4.69) is 24.4 Å². The molecular weight excluding hydrogens is 408 g/mol. The molecule has 4 aromatic rings. The first kappa shape index (κ1) is 22.5. The second-order valence-electron chi connectivity index (χ2n) is 8.36. The minimum absolute atomic E-state index is 0.00910. The Kier molecular flexibility index (Phi) is 7.36. The highest BCUT2D eigenvalue weighted by atomic mass is 16.5. The van der Waals surface area contributed by atoms with Gasteiger partial charge in [0.15, 0.2) is 0 Å². The molecule has 0 spiro atoms. The third-order valence-corrected chi connectivity index (χ3v) is 5.64. The summed E-state index contributed by atoms with van der Waals surface area (Å²) < 4.78 is 5.78. The summed E-state index contributed by atoms with van der Waals surface area (Å²) in [6.45, 7) is 4.90. The number of fused-ring (bicyclic) bond motifs is 1. The van der Waals surface area contributed by atoms with Gasteiger partial charge in [0.1, 0.15) is 5.75 Å². The summed E-state index contributed by atoms with van der Waals surface area (Å²) in [6.07, 6.45) is 2.92. The second-order valence-corrected chi connectivity index (χ2v) is 8.36. The Morgan fingerprint density at radius 1 is 0.970 bits per heavy atom. The molecule has 33 heavy (non-hydrogen) atoms. The van der Waals surface area contributed by atoms with Crippen LogP contribution < -0.4 is 10.1 Å². The van der Waals surface area contributed by atoms with Gasteiger partial charge in [0.2, 0.25) is 0 Å². The van der Waals surface area contributed by atoms with Crippen molar-refractivity contribution in [3.63, 3.8) is 0 Å². The zero-order chi connectivity index (χ0) is 23.0. The van der Waals surface area contributed by atoms with Gasteiger partial charge in [-0.2, -0.15) is 0 Å². The fourth-order valence-corrected chi connectivity index (χ4v) is 3.89. The number of nitrogens with zero attached hydrogens (tertiary/aromatic N) is 1. The van der Waals surface area contributed by atoms with E-state index in [9.17, 15) is 4.79 Å². The van der Waals surface area contributed by atoms with E-state index in [0.29, 0.717) is 5.56 Å². The zero-order valence-electron chi connectivity index (χ0n) is 19.3. The molecule has 0 saturated carbocycles. The minimum Gasteiger partial charge on any atom is -0.494 e. The van der Waals surface area contributed by atoms with Crippen LogP contribution in [0.4, 0.5) is 0 Å². The number of amides is 1. The molecule has 1 aromatic heterocycles. The van der Waals surface area contributed by atoms with Crippen molar-refractivity contribution >= 4 is 16.8 Å². The molecule has 3 aromatic carbocycles. The highest BCUT2D eigenvalue weighted by Crippen LogP contribution is 2.26. The fourth-order valence-electron chi connectivity index (χ4n) is 3.89. The van der Waals surface area contributed by atoms with E-state index in [1.54, 1.807) is 0 Å². The van der Waals surface area contributed by atoms with Gasteiger partial charge in [0, 0.05) is 17.0 Å². The number of ether oxygens (including phenoxy) is 1. The van der Waals surface area contributed by atoms with Crippen molar-refractivity contribution in [3.8, 4) is 17.0 Å². The quantitative estimate of drug-likeness (QED) is 0.306. The van der Waals surface area contributed by atoms with Crippen molar-refractivity contribution < 1.29 is 9.53 Å². The first-order chi connectivity index (χ1) is 16.1. The molecule has 1 atom stereocenters. The van der Waals surface area contributed by atoms with Crippen LogP contribution in [0.2, 0.25) is 0 Å². The minimum atomic E-state index is -0.0854. The number of nitrogens with one attached hydrogen (secondary N) is 1. The van der Waals surface area contributed by atoms with Crippen LogP contribution in [0, 0.1) is 0 Å². The number of carbonyl (C=O) groups is 1. The maximum absolute atomic E-state index is 13.3. The normalized spacial score (nSPS) is 11.8. The molecular formula is C29H30N2O2. The number of pyridine rings is 1. The summed E-state index contributed by atoms with van der Waals surface area (Å²) >= 11 is 0. The molecule has 0 aliphatic carbocycles. The van der Waals surface area contributed by atoms with Gasteiger partial charge in [-0.25, -0.2) is 4.98 Å². The molecule has 0 fully saturated rings. The number of aromatic nitrogens is 1. The molecule has 0 unspecified atom stereocenters. The van der Waals surface area contributed by atoms with Gasteiger partial charge in [0.05, 0.1) is 23.4 Å². The molecule has 0 radical (unpaired) electrons. The Bertz CT molecular complexity index is 1200. The summed E-state index contributed by atoms with van der Waals surface area (Å²) in [5, 5.41) is 4.02. The summed E-state index contributed by atoms with van der Waals surface area (Å²) in [5.74, 6) is 0.762. The van der Waals surface area contributed by atoms with Crippen LogP contribution in [0.25, 0.3) is 22.2 Å². The number of carbonyl (C=O) groups excluding carboxylic acids is 1. The van der Waals surface area contributed by atoms with Crippen LogP contribution >= 0.6 is 0 Å². The van der Waals surface area contributed by atoms with Crippen molar-refractivity contribution in [2.24, 2.45) is 0 Å². The van der Waals surface area contributed by atoms with E-state index < -0.39 is 0 Å². The summed E-state index contributed by atoms with van der Waals surface area (Å²) in [4.78, 5) is 18.1. The van der Waals surface area contributed by atoms with Gasteiger partial charge in [-0.3, -0.25) is 4.79 Å². The highest BCUT2D eigenvalue weighted by molar-refractivity contribution is 6.07. The Morgan fingerprint density at radius 2 is 1.70 bits per heavy atom. The fraction of sp³-hybridized carbons (Fsp3) is 0.241. The van der Waals surface area contributed by atoms with Gasteiger partial charge in [0.25, 0.3) is 5.91 Å². The second kappa shape index (κ2) is 10.8. The first-order valence-electron chi connectivity index (χ1n) is 11.6. The van der Waals surface area contributed by atoms with E-state index in [-0.39, 0.29) is 11.9 Å². The average Bonchev–Trinajstić information content (AvgIpc) is 2.84. The zero-order valence-corrected chi connectivity index (χ0v) is 19.3. The van der Waals surface area contributed by atoms with Crippen LogP contribution in [0.5, 0.6) is 5.75 Å². The van der Waals surface area contributed by atoms with Crippen molar-refractivity contribution in [1.29, 1.82) is 0 Å². The number of unbranched alkanes of at least 4 members (excludes halogenated alkanes) is 1. The lowest BCUT2D eigenvalue weighted by Gasteiger charge is -2.16. The van der Waals surface area contributed by atoms with Crippen LogP contribution in [0.3, 0.4) is 0 Å². The lowest BCUT2D eigenvalue weighted by molar-refractivity contribution is 0.0941. The van der Waals surface area contributed by atoms with Gasteiger partial charge in [-0.05, 0) is 61.7 Å². The maximum Gasteiger partial charge on any atom is 0.252 e. The van der Waals surface area contributed by atoms with Crippen LogP contribution in [-0.2, 0) is 6.42 Å². The van der Waals surface area contributed by atoms with E-state index in [1.807, 2.05) is 79.7 Å². The monoisotopic (exact) mass is 438 g/mol. The van der Waals surface area contributed by atoms with Crippen molar-refractivity contribution in [2.45, 2.75) is 39.2 Å². The van der Waals surface area contributed by atoms with Crippen molar-refractivity contribution in [3.05, 3.63) is 96.1 Å². The van der Waals surface area contributed by atoms with Gasteiger partial charge in [-0.15, -0.1) is 0 Å². The molecule has 1 amide bonds. The number of para-hydroxylation sites is 1. The number of hydrogen-bond donors (Lipinski definition) is 1. The number of rotatable bonds is 9. The average molecular weight is 439 g/mol. The third-order valence-electron chi connectivity index (χ3n) is 5.64. The molecule has 4 nitrogen and oxygen atoms in total. The Labute approximate surface area is 195 Å². The summed E-state index contributed by atoms with van der Waals surface area (Å²) in [7, 11) is 0. The van der Waals surface area contributed by atoms with Crippen molar-refractivity contribution in [1.82, 2.24) is 10.3 Å². The first-order valence-corrected chi connectivity index (χ1v) is 11.6. The lowest BCUT2D eigenvalue weighted by atomic mass is 10.0. The SMILES string of the molecule is CCCCOc1ccc(-c2cc(C(=O)N[C@@H](C)Cc3ccccc3)c3ccccc3n2)cc1. The predicted molar refractivity (Wildman–Crippen MR) is 135 cm³/mol. The summed E-state index contributed by atoms with van der Waals surface area (Å²) in [6, 6.07) is 27.8. The molecule has 4 heteroatoms. The van der Waals surface area contributed by atoms with E-state index in [4.69, 9.17) is 9.72 Å². The van der Waals surface area contributed by atoms with E-state index >= 15 is 0 Å². The van der Waals surface area contributed by atoms with Gasteiger partial charge >= 0.3 is 0 Å². The lowest BCUT2D eigenvalue weighted by Crippen LogP contribution is -2.34. The third kappa shape index (κ3) is 5.78. The summed E-state index contributed by atoms with van der Waals surface area (Å²) in [5.41, 5.74) is 4.37. The maximum atomic E-state index is 13.3. The molecule has 1 N–H and O–H groups in total.